The predicted octanol–water partition coefficient (Wildman–Crippen LogP) is 7.39. The fourth-order valence-electron chi connectivity index (χ4n) is 3.84. The van der Waals surface area contributed by atoms with Crippen LogP contribution in [0.1, 0.15) is 51.0 Å². The van der Waals surface area contributed by atoms with Crippen molar-refractivity contribution in [3.63, 3.8) is 0 Å². The third kappa shape index (κ3) is 4.47. The highest BCUT2D eigenvalue weighted by molar-refractivity contribution is 5.65. The summed E-state index contributed by atoms with van der Waals surface area (Å²) in [5.74, 6) is -0.693. The molecular weight excluding hydrogens is 342 g/mol. The molecule has 142 valence electrons. The first-order chi connectivity index (χ1) is 13.1. The molecule has 0 atom stereocenters. The van der Waals surface area contributed by atoms with Crippen LogP contribution in [0, 0.1) is 17.6 Å². The van der Waals surface area contributed by atoms with Crippen molar-refractivity contribution in [1.82, 2.24) is 0 Å². The average Bonchev–Trinajstić information content (AvgIpc) is 2.70. The summed E-state index contributed by atoms with van der Waals surface area (Å²) in [4.78, 5) is 0. The standard InChI is InChI=1S/C24H26F2O/c1-3-5-17-6-8-18(9-7-17)19-10-12-20(13-11-19)21-14-15-22(27-16-4-2)24(26)23(21)25/h3-5,10-18H,6-9H2,1-2H3/b5-3+,16-4+. The second-order valence-electron chi connectivity index (χ2n) is 7.09. The van der Waals surface area contributed by atoms with Crippen LogP contribution < -0.4 is 4.74 Å². The Labute approximate surface area is 160 Å². The number of hydrogen-bond donors (Lipinski definition) is 0. The van der Waals surface area contributed by atoms with Gasteiger partial charge in [-0.05, 0) is 74.6 Å². The monoisotopic (exact) mass is 368 g/mol. The molecule has 0 unspecified atom stereocenters. The maximum atomic E-state index is 14.5. The molecule has 1 fully saturated rings. The zero-order valence-corrected chi connectivity index (χ0v) is 15.9. The van der Waals surface area contributed by atoms with E-state index in [9.17, 15) is 8.78 Å². The quantitative estimate of drug-likeness (QED) is 0.395. The number of ether oxygens (including phenoxy) is 1. The lowest BCUT2D eigenvalue weighted by molar-refractivity contribution is 0.376. The van der Waals surface area contributed by atoms with Gasteiger partial charge in [-0.15, -0.1) is 0 Å². The molecule has 2 aromatic carbocycles. The third-order valence-corrected chi connectivity index (χ3v) is 5.31. The van der Waals surface area contributed by atoms with Crippen molar-refractivity contribution in [2.45, 2.75) is 45.4 Å². The van der Waals surface area contributed by atoms with Gasteiger partial charge < -0.3 is 4.74 Å². The van der Waals surface area contributed by atoms with E-state index in [0.29, 0.717) is 17.4 Å². The summed E-state index contributed by atoms with van der Waals surface area (Å²) in [7, 11) is 0. The number of allylic oxidation sites excluding steroid dienone is 3. The van der Waals surface area contributed by atoms with E-state index in [1.165, 1.54) is 43.6 Å². The summed E-state index contributed by atoms with van der Waals surface area (Å²) in [6.45, 7) is 3.82. The van der Waals surface area contributed by atoms with Crippen LogP contribution in [0.3, 0.4) is 0 Å². The summed E-state index contributed by atoms with van der Waals surface area (Å²) in [6.07, 6.45) is 12.2. The number of halogens is 2. The lowest BCUT2D eigenvalue weighted by Crippen LogP contribution is -2.11. The molecule has 27 heavy (non-hydrogen) atoms. The summed E-state index contributed by atoms with van der Waals surface area (Å²) in [5.41, 5.74) is 2.21. The van der Waals surface area contributed by atoms with Gasteiger partial charge in [0.1, 0.15) is 0 Å². The Bertz CT molecular complexity index is 813. The smallest absolute Gasteiger partial charge is 0.201 e. The predicted molar refractivity (Wildman–Crippen MR) is 107 cm³/mol. The molecule has 3 heteroatoms. The van der Waals surface area contributed by atoms with Gasteiger partial charge in [-0.3, -0.25) is 0 Å². The Hall–Kier alpha value is -2.42. The minimum atomic E-state index is -0.961. The molecule has 0 heterocycles. The highest BCUT2D eigenvalue weighted by Gasteiger charge is 2.21. The van der Waals surface area contributed by atoms with Crippen molar-refractivity contribution < 1.29 is 13.5 Å². The van der Waals surface area contributed by atoms with Crippen LogP contribution in [0.4, 0.5) is 8.78 Å². The SMILES string of the molecule is C/C=C/Oc1ccc(-c2ccc(C3CCC(/C=C/C)CC3)cc2)c(F)c1F. The molecule has 3 rings (SSSR count). The highest BCUT2D eigenvalue weighted by atomic mass is 19.2. The van der Waals surface area contributed by atoms with E-state index in [1.54, 1.807) is 19.1 Å². The van der Waals surface area contributed by atoms with Crippen molar-refractivity contribution >= 4 is 0 Å². The van der Waals surface area contributed by atoms with E-state index >= 15 is 0 Å². The molecule has 1 aliphatic carbocycles. The summed E-state index contributed by atoms with van der Waals surface area (Å²) in [5, 5.41) is 0. The van der Waals surface area contributed by atoms with Crippen LogP contribution in [0.2, 0.25) is 0 Å². The maximum absolute atomic E-state index is 14.5. The van der Waals surface area contributed by atoms with Gasteiger partial charge in [0, 0.05) is 5.56 Å². The van der Waals surface area contributed by atoms with Gasteiger partial charge >= 0.3 is 0 Å². The molecule has 1 aliphatic rings. The first-order valence-corrected chi connectivity index (χ1v) is 9.63. The molecule has 0 aromatic heterocycles. The van der Waals surface area contributed by atoms with Crippen molar-refractivity contribution in [3.8, 4) is 16.9 Å². The van der Waals surface area contributed by atoms with Crippen LogP contribution in [-0.4, -0.2) is 0 Å². The topological polar surface area (TPSA) is 9.23 Å². The van der Waals surface area contributed by atoms with Crippen LogP contribution >= 0.6 is 0 Å². The molecule has 0 saturated heterocycles. The second kappa shape index (κ2) is 8.98. The number of hydrogen-bond acceptors (Lipinski definition) is 1. The summed E-state index contributed by atoms with van der Waals surface area (Å²) >= 11 is 0. The largest absolute Gasteiger partial charge is 0.462 e. The molecule has 1 nitrogen and oxygen atoms in total. The fraction of sp³-hybridized carbons (Fsp3) is 0.333. The van der Waals surface area contributed by atoms with Gasteiger partial charge in [-0.25, -0.2) is 4.39 Å². The summed E-state index contributed by atoms with van der Waals surface area (Å²) < 4.78 is 33.7. The first kappa shape index (κ1) is 19.3. The first-order valence-electron chi connectivity index (χ1n) is 9.63. The molecule has 1 saturated carbocycles. The molecule has 0 radical (unpaired) electrons. The molecular formula is C24H26F2O. The van der Waals surface area contributed by atoms with Crippen LogP contribution in [0.25, 0.3) is 11.1 Å². The number of benzene rings is 2. The second-order valence-corrected chi connectivity index (χ2v) is 7.09. The van der Waals surface area contributed by atoms with Gasteiger partial charge in [-0.1, -0.05) is 42.5 Å². The molecule has 0 amide bonds. The Kier molecular flexibility index (Phi) is 6.44. The van der Waals surface area contributed by atoms with Crippen molar-refractivity contribution in [1.29, 1.82) is 0 Å². The lowest BCUT2D eigenvalue weighted by atomic mass is 9.78. The summed E-state index contributed by atoms with van der Waals surface area (Å²) in [6, 6.07) is 10.9. The zero-order chi connectivity index (χ0) is 19.2. The van der Waals surface area contributed by atoms with E-state index in [-0.39, 0.29) is 11.3 Å². The van der Waals surface area contributed by atoms with Gasteiger partial charge in [0.25, 0.3) is 0 Å². The third-order valence-electron chi connectivity index (χ3n) is 5.31. The van der Waals surface area contributed by atoms with Crippen LogP contribution in [0.15, 0.2) is 60.9 Å². The molecule has 0 spiro atoms. The Balaban J connectivity index is 1.75. The van der Waals surface area contributed by atoms with Crippen molar-refractivity contribution in [3.05, 3.63) is 78.1 Å². The Morgan fingerprint density at radius 3 is 2.19 bits per heavy atom. The number of rotatable bonds is 5. The van der Waals surface area contributed by atoms with E-state index in [0.717, 1.165) is 0 Å². The zero-order valence-electron chi connectivity index (χ0n) is 15.9. The molecule has 0 aliphatic heterocycles. The van der Waals surface area contributed by atoms with E-state index < -0.39 is 11.6 Å². The molecule has 0 bridgehead atoms. The van der Waals surface area contributed by atoms with E-state index in [2.05, 4.69) is 31.2 Å². The maximum Gasteiger partial charge on any atom is 0.201 e. The van der Waals surface area contributed by atoms with Gasteiger partial charge in [0.15, 0.2) is 11.6 Å². The highest BCUT2D eigenvalue weighted by Crippen LogP contribution is 2.37. The van der Waals surface area contributed by atoms with Crippen LogP contribution in [0.5, 0.6) is 5.75 Å². The van der Waals surface area contributed by atoms with E-state index in [1.807, 2.05) is 12.1 Å². The Morgan fingerprint density at radius 1 is 0.852 bits per heavy atom. The van der Waals surface area contributed by atoms with Crippen molar-refractivity contribution in [2.75, 3.05) is 0 Å². The average molecular weight is 368 g/mol. The minimum Gasteiger partial charge on any atom is -0.462 e. The van der Waals surface area contributed by atoms with Gasteiger partial charge in [0.2, 0.25) is 5.82 Å². The normalized spacial score (nSPS) is 20.4. The van der Waals surface area contributed by atoms with E-state index in [4.69, 9.17) is 4.74 Å². The van der Waals surface area contributed by atoms with Crippen molar-refractivity contribution in [2.24, 2.45) is 5.92 Å². The molecule has 0 N–H and O–H groups in total. The lowest BCUT2D eigenvalue weighted by Gasteiger charge is -2.27. The Morgan fingerprint density at radius 2 is 1.56 bits per heavy atom. The molecule has 2 aromatic rings. The van der Waals surface area contributed by atoms with Crippen LogP contribution in [-0.2, 0) is 0 Å². The van der Waals surface area contributed by atoms with Gasteiger partial charge in [0.05, 0.1) is 6.26 Å². The minimum absolute atomic E-state index is 0.108. The van der Waals surface area contributed by atoms with Gasteiger partial charge in [-0.2, -0.15) is 4.39 Å². The fourth-order valence-corrected chi connectivity index (χ4v) is 3.84.